The molecule has 129 valence electrons. The van der Waals surface area contributed by atoms with Gasteiger partial charge in [-0.15, -0.1) is 5.56 Å². The zero-order valence-corrected chi connectivity index (χ0v) is 26.3. The second-order valence-electron chi connectivity index (χ2n) is 4.85. The van der Waals surface area contributed by atoms with E-state index in [2.05, 4.69) is 23.2 Å². The van der Waals surface area contributed by atoms with E-state index in [9.17, 15) is 14.2 Å². The molecule has 5 nitrogen and oxygen atoms in total. The number of Topliss-reactive ketones (excluding diaryl/α,β-unsaturated/α-hetero) is 1. The Bertz CT molecular complexity index is 721. The van der Waals surface area contributed by atoms with Gasteiger partial charge in [0.1, 0.15) is 0 Å². The quantitative estimate of drug-likeness (QED) is 0.213. The van der Waals surface area contributed by atoms with Crippen molar-refractivity contribution < 1.29 is 133 Å². The van der Waals surface area contributed by atoms with E-state index in [0.29, 0.717) is 11.1 Å². The van der Waals surface area contributed by atoms with Crippen LogP contribution in [0.3, 0.4) is 0 Å². The molecule has 0 spiro atoms. The number of hydrogen-bond acceptors (Lipinski definition) is 4. The van der Waals surface area contributed by atoms with Gasteiger partial charge in [0.2, 0.25) is 5.78 Å². The zero-order valence-electron chi connectivity index (χ0n) is 14.0. The van der Waals surface area contributed by atoms with Gasteiger partial charge in [0.25, 0.3) is 5.91 Å². The Morgan fingerprint density at radius 3 is 2.23 bits per heavy atom. The van der Waals surface area contributed by atoms with Crippen LogP contribution in [0.15, 0.2) is 48.7 Å². The van der Waals surface area contributed by atoms with Crippen molar-refractivity contribution in [1.82, 2.24) is 10.3 Å². The van der Waals surface area contributed by atoms with Crippen LogP contribution in [0.25, 0.3) is 0 Å². The summed E-state index contributed by atoms with van der Waals surface area (Å²) in [5.41, 5.74) is 0.948. The number of pyridine rings is 1. The van der Waals surface area contributed by atoms with Gasteiger partial charge in [0.15, 0.2) is 0 Å². The first kappa shape index (κ1) is 32.4. The SMILES string of the molecule is [CH2-]P(=O)(CNC(=O)C(=O)c1ccccc1)Cc1[c-]nccc1.[W].[Y].[Y].[Y]. The topological polar surface area (TPSA) is 76.1 Å². The molecule has 0 saturated heterocycles. The first-order chi connectivity index (χ1) is 10.5. The number of amides is 1. The summed E-state index contributed by atoms with van der Waals surface area (Å²) in [7, 11) is -2.90. The predicted octanol–water partition coefficient (Wildman–Crippen LogP) is 2.48. The molecule has 0 aliphatic heterocycles. The minimum Gasteiger partial charge on any atom is -0.394 e. The molecule has 1 atom stereocenters. The number of aromatic nitrogens is 1. The van der Waals surface area contributed by atoms with Crippen LogP contribution in [-0.4, -0.2) is 23.0 Å². The van der Waals surface area contributed by atoms with Crippen LogP contribution < -0.4 is 5.32 Å². The van der Waals surface area contributed by atoms with Crippen molar-refractivity contribution >= 4 is 18.8 Å². The van der Waals surface area contributed by atoms with Gasteiger partial charge in [-0.1, -0.05) is 42.7 Å². The molecule has 1 aromatic carbocycles. The summed E-state index contributed by atoms with van der Waals surface area (Å²) >= 11 is 0. The molecule has 1 amide bonds. The van der Waals surface area contributed by atoms with Gasteiger partial charge in [-0.05, 0) is 13.3 Å². The maximum absolute atomic E-state index is 12.4. The van der Waals surface area contributed by atoms with E-state index in [0.717, 1.165) is 0 Å². The van der Waals surface area contributed by atoms with Gasteiger partial charge < -0.3 is 14.9 Å². The number of rotatable bonds is 6. The molecule has 2 rings (SSSR count). The van der Waals surface area contributed by atoms with Gasteiger partial charge in [0.05, 0.1) is 0 Å². The summed E-state index contributed by atoms with van der Waals surface area (Å²) in [6, 6.07) is 11.6. The Labute approximate surface area is 243 Å². The predicted molar refractivity (Wildman–Crippen MR) is 83.5 cm³/mol. The number of nitrogens with zero attached hydrogens (tertiary/aromatic N) is 1. The number of carbonyl (C=O) groups excluding carboxylic acids is 2. The number of nitrogens with one attached hydrogen (secondary N) is 1. The van der Waals surface area contributed by atoms with Crippen molar-refractivity contribution in [3.05, 3.63) is 72.6 Å². The second kappa shape index (κ2) is 16.5. The fourth-order valence-corrected chi connectivity index (χ4v) is 3.17. The largest absolute Gasteiger partial charge is 0.394 e. The minimum atomic E-state index is -2.90. The normalized spacial score (nSPS) is 11.1. The van der Waals surface area contributed by atoms with Crippen molar-refractivity contribution in [2.24, 2.45) is 0 Å². The molecule has 1 heterocycles. The van der Waals surface area contributed by atoms with Gasteiger partial charge in [0, 0.05) is 131 Å². The summed E-state index contributed by atoms with van der Waals surface area (Å²) in [6.07, 6.45) is 4.31. The molecular weight excluding hydrogens is 750 g/mol. The number of hydrogen-bond donors (Lipinski definition) is 1. The molecular formula is C16H15N2O3PWY3-2. The molecule has 2 aromatic rings. The van der Waals surface area contributed by atoms with Gasteiger partial charge in [-0.25, -0.2) is 0 Å². The van der Waals surface area contributed by atoms with Gasteiger partial charge in [-0.3, -0.25) is 16.3 Å². The van der Waals surface area contributed by atoms with Crippen LogP contribution in [0, 0.1) is 12.9 Å². The molecule has 1 N–H and O–H groups in total. The molecule has 0 aliphatic rings. The van der Waals surface area contributed by atoms with E-state index in [4.69, 9.17) is 0 Å². The Morgan fingerprint density at radius 2 is 1.69 bits per heavy atom. The van der Waals surface area contributed by atoms with E-state index < -0.39 is 18.8 Å². The number of ketones is 1. The van der Waals surface area contributed by atoms with Crippen LogP contribution in [-0.2, 0) is 135 Å². The molecule has 0 fully saturated rings. The van der Waals surface area contributed by atoms with Crippen LogP contribution >= 0.6 is 7.14 Å². The van der Waals surface area contributed by atoms with Crippen molar-refractivity contribution in [3.63, 3.8) is 0 Å². The molecule has 10 heteroatoms. The first-order valence-corrected chi connectivity index (χ1v) is 8.86. The summed E-state index contributed by atoms with van der Waals surface area (Å²) in [6.45, 7) is 3.65. The molecule has 26 heavy (non-hydrogen) atoms. The Balaban J connectivity index is -0.00000132. The average Bonchev–Trinajstić information content (AvgIpc) is 2.53. The van der Waals surface area contributed by atoms with E-state index in [-0.39, 0.29) is 132 Å². The van der Waals surface area contributed by atoms with Gasteiger partial charge >= 0.3 is 0 Å². The second-order valence-corrected chi connectivity index (χ2v) is 7.60. The summed E-state index contributed by atoms with van der Waals surface area (Å²) in [4.78, 5) is 27.5. The summed E-state index contributed by atoms with van der Waals surface area (Å²) < 4.78 is 12.4. The maximum atomic E-state index is 12.4. The molecule has 0 bridgehead atoms. The number of benzene rings is 1. The minimum absolute atomic E-state index is 0. The smallest absolute Gasteiger partial charge is 0.292 e. The summed E-state index contributed by atoms with van der Waals surface area (Å²) in [5.74, 6) is -1.45. The number of carbonyl (C=O) groups is 2. The molecule has 0 aliphatic carbocycles. The monoisotopic (exact) mass is 765 g/mol. The molecule has 0 saturated carbocycles. The van der Waals surface area contributed by atoms with E-state index >= 15 is 0 Å². The van der Waals surface area contributed by atoms with Crippen molar-refractivity contribution in [2.45, 2.75) is 6.16 Å². The molecule has 1 unspecified atom stereocenters. The molecule has 3 radical (unpaired) electrons. The van der Waals surface area contributed by atoms with Crippen molar-refractivity contribution in [3.8, 4) is 0 Å². The van der Waals surface area contributed by atoms with E-state index in [1.165, 1.54) is 0 Å². The third-order valence-electron chi connectivity index (χ3n) is 2.89. The first-order valence-electron chi connectivity index (χ1n) is 6.59. The standard InChI is InChI=1S/C16H15N2O3P.W.3Y/c1-22(21,11-13-6-5-9-17-10-13)12-18-16(20)15(19)14-7-3-2-4-8-14;;;;/h2-9H,1,11-12H2,(H,18,20);;;;/q-2;;;;. The Morgan fingerprint density at radius 1 is 1.08 bits per heavy atom. The third-order valence-corrected chi connectivity index (χ3v) is 4.55. The zero-order chi connectivity index (χ0) is 16.0. The van der Waals surface area contributed by atoms with Crippen LogP contribution in [0.4, 0.5) is 0 Å². The van der Waals surface area contributed by atoms with Crippen LogP contribution in [0.2, 0.25) is 0 Å². The fourth-order valence-electron chi connectivity index (χ4n) is 1.83. The molecule has 1 aromatic heterocycles. The Kier molecular flexibility index (Phi) is 20.6. The average molecular weight is 765 g/mol. The maximum Gasteiger partial charge on any atom is 0.292 e. The van der Waals surface area contributed by atoms with E-state index in [1.807, 2.05) is 0 Å². The fraction of sp³-hybridized carbons (Fsp3) is 0.125. The van der Waals surface area contributed by atoms with Crippen molar-refractivity contribution in [2.75, 3.05) is 6.29 Å². The van der Waals surface area contributed by atoms with E-state index in [1.54, 1.807) is 48.7 Å². The van der Waals surface area contributed by atoms with Gasteiger partial charge in [-0.2, -0.15) is 12.1 Å². The van der Waals surface area contributed by atoms with Crippen molar-refractivity contribution in [1.29, 1.82) is 0 Å². The Hall–Kier alpha value is 1.74. The van der Waals surface area contributed by atoms with Crippen LogP contribution in [0.5, 0.6) is 0 Å². The summed E-state index contributed by atoms with van der Waals surface area (Å²) in [5, 5.41) is 2.39. The van der Waals surface area contributed by atoms with Crippen LogP contribution in [0.1, 0.15) is 15.9 Å². The third kappa shape index (κ3) is 11.7.